The highest BCUT2D eigenvalue weighted by Crippen LogP contribution is 2.26. The molecule has 1 amide bonds. The van der Waals surface area contributed by atoms with Crippen molar-refractivity contribution in [3.63, 3.8) is 0 Å². The largest absolute Gasteiger partial charge is 0.465 e. The standard InChI is InChI=1S/C18H14ClFN2O3/c1-9-12-5-4-11(20)8-14(12)21-16(9)17(23)22-15-7-10(18(24)25-2)3-6-13(15)19/h3-8,21H,1-2H3,(H,22,23). The van der Waals surface area contributed by atoms with Crippen molar-refractivity contribution in [3.05, 3.63) is 64.1 Å². The first-order chi connectivity index (χ1) is 11.9. The first kappa shape index (κ1) is 17.0. The van der Waals surface area contributed by atoms with Crippen molar-refractivity contribution < 1.29 is 18.7 Å². The third-order valence-electron chi connectivity index (χ3n) is 3.88. The second-order valence-corrected chi connectivity index (χ2v) is 5.86. The van der Waals surface area contributed by atoms with Gasteiger partial charge in [-0.3, -0.25) is 4.79 Å². The molecule has 1 aromatic heterocycles. The van der Waals surface area contributed by atoms with Gasteiger partial charge in [-0.05, 0) is 48.9 Å². The summed E-state index contributed by atoms with van der Waals surface area (Å²) in [7, 11) is 1.27. The first-order valence-electron chi connectivity index (χ1n) is 7.37. The predicted molar refractivity (Wildman–Crippen MR) is 93.7 cm³/mol. The van der Waals surface area contributed by atoms with Crippen molar-refractivity contribution in [2.24, 2.45) is 0 Å². The number of benzene rings is 2. The maximum atomic E-state index is 13.4. The van der Waals surface area contributed by atoms with Crippen LogP contribution >= 0.6 is 11.6 Å². The van der Waals surface area contributed by atoms with Crippen molar-refractivity contribution >= 4 is 40.1 Å². The van der Waals surface area contributed by atoms with E-state index in [9.17, 15) is 14.0 Å². The molecule has 0 aliphatic carbocycles. The highest BCUT2D eigenvalue weighted by molar-refractivity contribution is 6.34. The van der Waals surface area contributed by atoms with E-state index >= 15 is 0 Å². The van der Waals surface area contributed by atoms with Crippen LogP contribution in [0.2, 0.25) is 5.02 Å². The number of hydrogen-bond donors (Lipinski definition) is 2. The fourth-order valence-electron chi connectivity index (χ4n) is 2.59. The SMILES string of the molecule is COC(=O)c1ccc(Cl)c(NC(=O)c2[nH]c3cc(F)ccc3c2C)c1. The number of carbonyl (C=O) groups excluding carboxylic acids is 2. The number of H-pyrrole nitrogens is 1. The summed E-state index contributed by atoms with van der Waals surface area (Å²) in [6.45, 7) is 1.76. The van der Waals surface area contributed by atoms with Crippen molar-refractivity contribution in [3.8, 4) is 0 Å². The zero-order valence-electron chi connectivity index (χ0n) is 13.4. The van der Waals surface area contributed by atoms with Gasteiger partial charge in [-0.25, -0.2) is 9.18 Å². The van der Waals surface area contributed by atoms with Gasteiger partial charge in [0.15, 0.2) is 0 Å². The van der Waals surface area contributed by atoms with E-state index in [2.05, 4.69) is 15.0 Å². The lowest BCUT2D eigenvalue weighted by atomic mass is 10.1. The second-order valence-electron chi connectivity index (χ2n) is 5.46. The smallest absolute Gasteiger partial charge is 0.337 e. The first-order valence-corrected chi connectivity index (χ1v) is 7.75. The van der Waals surface area contributed by atoms with E-state index in [0.717, 1.165) is 5.39 Å². The number of carbonyl (C=O) groups is 2. The Labute approximate surface area is 147 Å². The van der Waals surface area contributed by atoms with Gasteiger partial charge in [-0.1, -0.05) is 11.6 Å². The number of aryl methyl sites for hydroxylation is 1. The minimum atomic E-state index is -0.538. The Kier molecular flexibility index (Phi) is 4.46. The van der Waals surface area contributed by atoms with E-state index in [1.807, 2.05) is 0 Å². The lowest BCUT2D eigenvalue weighted by Crippen LogP contribution is -2.14. The number of halogens is 2. The van der Waals surface area contributed by atoms with E-state index in [1.165, 1.54) is 37.4 Å². The molecule has 0 aliphatic rings. The molecule has 0 spiro atoms. The number of esters is 1. The Morgan fingerprint density at radius 2 is 1.96 bits per heavy atom. The van der Waals surface area contributed by atoms with Crippen LogP contribution in [-0.2, 0) is 4.74 Å². The third kappa shape index (κ3) is 3.21. The number of rotatable bonds is 3. The van der Waals surface area contributed by atoms with Crippen molar-refractivity contribution in [1.29, 1.82) is 0 Å². The molecule has 25 heavy (non-hydrogen) atoms. The summed E-state index contributed by atoms with van der Waals surface area (Å²) < 4.78 is 18.0. The van der Waals surface area contributed by atoms with E-state index in [0.29, 0.717) is 16.8 Å². The quantitative estimate of drug-likeness (QED) is 0.684. The summed E-state index contributed by atoms with van der Waals surface area (Å²) in [5.74, 6) is -1.38. The van der Waals surface area contributed by atoms with Gasteiger partial charge >= 0.3 is 5.97 Å². The van der Waals surface area contributed by atoms with E-state index in [4.69, 9.17) is 11.6 Å². The predicted octanol–water partition coefficient (Wildman–Crippen LogP) is 4.31. The molecular weight excluding hydrogens is 347 g/mol. The maximum absolute atomic E-state index is 13.4. The minimum Gasteiger partial charge on any atom is -0.465 e. The molecule has 0 radical (unpaired) electrons. The number of hydrogen-bond acceptors (Lipinski definition) is 3. The molecule has 1 heterocycles. The van der Waals surface area contributed by atoms with Crippen LogP contribution in [0.3, 0.4) is 0 Å². The van der Waals surface area contributed by atoms with Crippen LogP contribution in [0.5, 0.6) is 0 Å². The molecule has 3 rings (SSSR count). The zero-order valence-corrected chi connectivity index (χ0v) is 14.2. The Balaban J connectivity index is 1.95. The minimum absolute atomic E-state index is 0.262. The van der Waals surface area contributed by atoms with Crippen LogP contribution in [0.15, 0.2) is 36.4 Å². The molecule has 0 unspecified atom stereocenters. The third-order valence-corrected chi connectivity index (χ3v) is 4.21. The van der Waals surface area contributed by atoms with Crippen LogP contribution in [-0.4, -0.2) is 24.0 Å². The van der Waals surface area contributed by atoms with Gasteiger partial charge in [0.05, 0.1) is 23.4 Å². The summed E-state index contributed by atoms with van der Waals surface area (Å²) in [6, 6.07) is 8.70. The number of aromatic nitrogens is 1. The van der Waals surface area contributed by atoms with Crippen LogP contribution in [0.4, 0.5) is 10.1 Å². The van der Waals surface area contributed by atoms with Gasteiger partial charge in [0.2, 0.25) is 0 Å². The average Bonchev–Trinajstić information content (AvgIpc) is 2.92. The van der Waals surface area contributed by atoms with Gasteiger partial charge in [0.25, 0.3) is 5.91 Å². The fraction of sp³-hybridized carbons (Fsp3) is 0.111. The van der Waals surface area contributed by atoms with Crippen LogP contribution in [0, 0.1) is 12.7 Å². The van der Waals surface area contributed by atoms with Crippen molar-refractivity contribution in [1.82, 2.24) is 4.98 Å². The number of fused-ring (bicyclic) bond motifs is 1. The number of ether oxygens (including phenoxy) is 1. The molecule has 0 aliphatic heterocycles. The molecule has 0 saturated carbocycles. The zero-order chi connectivity index (χ0) is 18.1. The molecule has 0 bridgehead atoms. The van der Waals surface area contributed by atoms with Crippen LogP contribution in [0.25, 0.3) is 10.9 Å². The van der Waals surface area contributed by atoms with Gasteiger partial charge in [0.1, 0.15) is 11.5 Å². The molecule has 0 atom stereocenters. The topological polar surface area (TPSA) is 71.2 Å². The fourth-order valence-corrected chi connectivity index (χ4v) is 2.75. The molecule has 2 N–H and O–H groups in total. The monoisotopic (exact) mass is 360 g/mol. The van der Waals surface area contributed by atoms with Crippen molar-refractivity contribution in [2.45, 2.75) is 6.92 Å². The van der Waals surface area contributed by atoms with Gasteiger partial charge in [0, 0.05) is 10.9 Å². The summed E-state index contributed by atoms with van der Waals surface area (Å²) in [5.41, 5.74) is 2.04. The Bertz CT molecular complexity index is 997. The molecule has 0 saturated heterocycles. The molecule has 5 nitrogen and oxygen atoms in total. The number of methoxy groups -OCH3 is 1. The summed E-state index contributed by atoms with van der Waals surface area (Å²) >= 11 is 6.09. The van der Waals surface area contributed by atoms with Gasteiger partial charge < -0.3 is 15.0 Å². The van der Waals surface area contributed by atoms with E-state index in [1.54, 1.807) is 13.0 Å². The normalized spacial score (nSPS) is 10.7. The van der Waals surface area contributed by atoms with Gasteiger partial charge in [-0.2, -0.15) is 0 Å². The van der Waals surface area contributed by atoms with E-state index in [-0.39, 0.29) is 16.3 Å². The number of amides is 1. The number of aromatic amines is 1. The summed E-state index contributed by atoms with van der Waals surface area (Å²) in [6.07, 6.45) is 0. The summed E-state index contributed by atoms with van der Waals surface area (Å²) in [5, 5.41) is 3.69. The van der Waals surface area contributed by atoms with E-state index < -0.39 is 17.7 Å². The number of anilines is 1. The Hall–Kier alpha value is -2.86. The number of nitrogens with one attached hydrogen (secondary N) is 2. The lowest BCUT2D eigenvalue weighted by Gasteiger charge is -2.09. The lowest BCUT2D eigenvalue weighted by molar-refractivity contribution is 0.0600. The average molecular weight is 361 g/mol. The van der Waals surface area contributed by atoms with Gasteiger partial charge in [-0.15, -0.1) is 0 Å². The van der Waals surface area contributed by atoms with Crippen LogP contribution < -0.4 is 5.32 Å². The molecular formula is C18H14ClFN2O3. The Morgan fingerprint density at radius 1 is 1.20 bits per heavy atom. The molecule has 128 valence electrons. The molecule has 7 heteroatoms. The molecule has 2 aromatic carbocycles. The highest BCUT2D eigenvalue weighted by atomic mass is 35.5. The molecule has 3 aromatic rings. The second kappa shape index (κ2) is 6.57. The Morgan fingerprint density at radius 3 is 2.68 bits per heavy atom. The van der Waals surface area contributed by atoms with Crippen molar-refractivity contribution in [2.75, 3.05) is 12.4 Å². The molecule has 0 fully saturated rings. The highest BCUT2D eigenvalue weighted by Gasteiger charge is 2.17. The summed E-state index contributed by atoms with van der Waals surface area (Å²) in [4.78, 5) is 27.1. The maximum Gasteiger partial charge on any atom is 0.337 e. The van der Waals surface area contributed by atoms with Crippen LogP contribution in [0.1, 0.15) is 26.4 Å².